The van der Waals surface area contributed by atoms with Crippen LogP contribution in [0.3, 0.4) is 0 Å². The number of aromatic nitrogens is 1. The van der Waals surface area contributed by atoms with Crippen molar-refractivity contribution in [3.63, 3.8) is 0 Å². The Morgan fingerprint density at radius 1 is 1.10 bits per heavy atom. The molecule has 1 amide bonds. The summed E-state index contributed by atoms with van der Waals surface area (Å²) in [6, 6.07) is 19.7. The molecule has 0 spiro atoms. The molecule has 1 aliphatic heterocycles. The molecule has 148 valence electrons. The SMILES string of the molecule is O=C(CC1c2ccccc2S(=O)N1c1ccc(OCc2ccccn2)cc1)NO. The first-order valence-corrected chi connectivity index (χ1v) is 10.1. The van der Waals surface area contributed by atoms with Crippen molar-refractivity contribution in [2.45, 2.75) is 24.0 Å². The Morgan fingerprint density at radius 2 is 1.86 bits per heavy atom. The van der Waals surface area contributed by atoms with Crippen LogP contribution in [0, 0.1) is 0 Å². The van der Waals surface area contributed by atoms with Gasteiger partial charge < -0.3 is 4.74 Å². The third kappa shape index (κ3) is 3.98. The number of carbonyl (C=O) groups is 1. The van der Waals surface area contributed by atoms with E-state index in [0.717, 1.165) is 11.3 Å². The topological polar surface area (TPSA) is 91.8 Å². The molecule has 0 saturated carbocycles. The second kappa shape index (κ2) is 8.42. The van der Waals surface area contributed by atoms with Crippen LogP contribution in [0.4, 0.5) is 5.69 Å². The van der Waals surface area contributed by atoms with E-state index in [0.29, 0.717) is 22.9 Å². The first-order valence-electron chi connectivity index (χ1n) is 9.03. The summed E-state index contributed by atoms with van der Waals surface area (Å²) >= 11 is 0. The molecule has 2 atom stereocenters. The number of fused-ring (bicyclic) bond motifs is 1. The van der Waals surface area contributed by atoms with Gasteiger partial charge >= 0.3 is 0 Å². The number of pyridine rings is 1. The molecule has 0 aliphatic carbocycles. The lowest BCUT2D eigenvalue weighted by molar-refractivity contribution is -0.129. The fourth-order valence-corrected chi connectivity index (χ4v) is 4.83. The Labute approximate surface area is 170 Å². The van der Waals surface area contributed by atoms with E-state index in [1.807, 2.05) is 36.4 Å². The van der Waals surface area contributed by atoms with E-state index >= 15 is 0 Å². The molecule has 2 unspecified atom stereocenters. The number of ether oxygens (including phenoxy) is 1. The summed E-state index contributed by atoms with van der Waals surface area (Å²) in [6.07, 6.45) is 1.70. The van der Waals surface area contributed by atoms with Gasteiger partial charge in [0.05, 0.1) is 28.7 Å². The molecule has 1 aliphatic rings. The standard InChI is InChI=1S/C21H19N3O4S/c25-21(23-26)13-19-18-6-1-2-7-20(18)29(27)24(19)16-8-10-17(11-9-16)28-14-15-5-3-4-12-22-15/h1-12,19,26H,13-14H2,(H,23,25). The molecule has 2 N–H and O–H groups in total. The van der Waals surface area contributed by atoms with Crippen LogP contribution in [0.5, 0.6) is 5.75 Å². The Kier molecular flexibility index (Phi) is 5.55. The van der Waals surface area contributed by atoms with Crippen LogP contribution in [-0.2, 0) is 22.4 Å². The zero-order valence-electron chi connectivity index (χ0n) is 15.4. The number of hydrogen-bond donors (Lipinski definition) is 2. The molecule has 8 heteroatoms. The van der Waals surface area contributed by atoms with Gasteiger partial charge in [0.25, 0.3) is 0 Å². The molecule has 0 bridgehead atoms. The molecule has 0 fully saturated rings. The molecule has 0 saturated heterocycles. The molecule has 3 aromatic rings. The zero-order valence-corrected chi connectivity index (χ0v) is 16.2. The minimum atomic E-state index is -1.45. The Bertz CT molecular complexity index is 1030. The molecule has 4 rings (SSSR count). The molecule has 2 aromatic carbocycles. The van der Waals surface area contributed by atoms with Gasteiger partial charge in [0.2, 0.25) is 5.91 Å². The zero-order chi connectivity index (χ0) is 20.2. The predicted molar refractivity (Wildman–Crippen MR) is 108 cm³/mol. The Morgan fingerprint density at radius 3 is 2.59 bits per heavy atom. The summed E-state index contributed by atoms with van der Waals surface area (Å²) in [5.74, 6) is 0.121. The summed E-state index contributed by atoms with van der Waals surface area (Å²) in [4.78, 5) is 16.7. The van der Waals surface area contributed by atoms with Crippen LogP contribution in [0.1, 0.15) is 23.7 Å². The van der Waals surface area contributed by atoms with E-state index in [2.05, 4.69) is 4.98 Å². The van der Waals surface area contributed by atoms with Gasteiger partial charge in [0, 0.05) is 6.20 Å². The Hall–Kier alpha value is -3.23. The Balaban J connectivity index is 1.56. The van der Waals surface area contributed by atoms with Gasteiger partial charge in [0.1, 0.15) is 12.4 Å². The quantitative estimate of drug-likeness (QED) is 0.482. The van der Waals surface area contributed by atoms with E-state index in [-0.39, 0.29) is 6.42 Å². The third-order valence-electron chi connectivity index (χ3n) is 4.64. The van der Waals surface area contributed by atoms with E-state index in [1.54, 1.807) is 46.3 Å². The fourth-order valence-electron chi connectivity index (χ4n) is 3.28. The van der Waals surface area contributed by atoms with Crippen molar-refractivity contribution < 1.29 is 18.9 Å². The molecular weight excluding hydrogens is 390 g/mol. The molecular formula is C21H19N3O4S. The maximum absolute atomic E-state index is 13.1. The second-order valence-corrected chi connectivity index (χ2v) is 7.80. The van der Waals surface area contributed by atoms with Crippen molar-refractivity contribution in [2.24, 2.45) is 0 Å². The van der Waals surface area contributed by atoms with Crippen molar-refractivity contribution in [1.82, 2.24) is 10.5 Å². The fraction of sp³-hybridized carbons (Fsp3) is 0.143. The maximum atomic E-state index is 13.1. The highest BCUT2D eigenvalue weighted by Crippen LogP contribution is 2.42. The van der Waals surface area contributed by atoms with Crippen molar-refractivity contribution in [2.75, 3.05) is 4.31 Å². The first-order chi connectivity index (χ1) is 14.2. The molecule has 1 aromatic heterocycles. The molecule has 2 heterocycles. The van der Waals surface area contributed by atoms with Crippen molar-refractivity contribution >= 4 is 22.6 Å². The summed E-state index contributed by atoms with van der Waals surface area (Å²) in [6.45, 7) is 0.348. The van der Waals surface area contributed by atoms with E-state index in [9.17, 15) is 9.00 Å². The van der Waals surface area contributed by atoms with Crippen LogP contribution in [0.15, 0.2) is 77.8 Å². The lowest BCUT2D eigenvalue weighted by Gasteiger charge is -2.25. The highest BCUT2D eigenvalue weighted by atomic mass is 32.2. The number of nitrogens with zero attached hydrogens (tertiary/aromatic N) is 2. The van der Waals surface area contributed by atoms with Gasteiger partial charge in [-0.1, -0.05) is 24.3 Å². The van der Waals surface area contributed by atoms with E-state index < -0.39 is 22.9 Å². The van der Waals surface area contributed by atoms with Crippen molar-refractivity contribution in [1.29, 1.82) is 0 Å². The van der Waals surface area contributed by atoms with Gasteiger partial charge in [0.15, 0.2) is 11.0 Å². The second-order valence-electron chi connectivity index (χ2n) is 6.47. The van der Waals surface area contributed by atoms with Crippen molar-refractivity contribution in [3.05, 3.63) is 84.2 Å². The number of nitrogens with one attached hydrogen (secondary N) is 1. The van der Waals surface area contributed by atoms with Crippen LogP contribution in [-0.4, -0.2) is 20.3 Å². The van der Waals surface area contributed by atoms with Gasteiger partial charge in [-0.15, -0.1) is 0 Å². The minimum Gasteiger partial charge on any atom is -0.487 e. The molecule has 0 radical (unpaired) electrons. The van der Waals surface area contributed by atoms with Crippen LogP contribution in [0.2, 0.25) is 0 Å². The van der Waals surface area contributed by atoms with Crippen LogP contribution >= 0.6 is 0 Å². The smallest absolute Gasteiger partial charge is 0.245 e. The summed E-state index contributed by atoms with van der Waals surface area (Å²) < 4.78 is 20.5. The lowest BCUT2D eigenvalue weighted by Crippen LogP contribution is -2.29. The van der Waals surface area contributed by atoms with Gasteiger partial charge in [-0.25, -0.2) is 9.69 Å². The predicted octanol–water partition coefficient (Wildman–Crippen LogP) is 3.14. The number of anilines is 1. The number of hydroxylamine groups is 1. The average molecular weight is 409 g/mol. The molecule has 7 nitrogen and oxygen atoms in total. The monoisotopic (exact) mass is 409 g/mol. The number of carbonyl (C=O) groups excluding carboxylic acids is 1. The van der Waals surface area contributed by atoms with Crippen LogP contribution < -0.4 is 14.5 Å². The van der Waals surface area contributed by atoms with E-state index in [4.69, 9.17) is 9.94 Å². The number of hydrogen-bond acceptors (Lipinski definition) is 5. The summed E-state index contributed by atoms with van der Waals surface area (Å²) in [7, 11) is -1.45. The normalized spacial score (nSPS) is 17.6. The van der Waals surface area contributed by atoms with Gasteiger partial charge in [-0.05, 0) is 48.0 Å². The average Bonchev–Trinajstić information content (AvgIpc) is 3.05. The number of benzene rings is 2. The highest BCUT2D eigenvalue weighted by Gasteiger charge is 2.37. The number of amides is 1. The minimum absolute atomic E-state index is 0.0167. The largest absolute Gasteiger partial charge is 0.487 e. The van der Waals surface area contributed by atoms with Crippen molar-refractivity contribution in [3.8, 4) is 5.75 Å². The number of rotatable bonds is 6. The molecule has 29 heavy (non-hydrogen) atoms. The van der Waals surface area contributed by atoms with Crippen LogP contribution in [0.25, 0.3) is 0 Å². The van der Waals surface area contributed by atoms with E-state index in [1.165, 1.54) is 0 Å². The first kappa shape index (κ1) is 19.1. The highest BCUT2D eigenvalue weighted by molar-refractivity contribution is 7.87. The lowest BCUT2D eigenvalue weighted by atomic mass is 10.0. The summed E-state index contributed by atoms with van der Waals surface area (Å²) in [5.41, 5.74) is 3.99. The third-order valence-corrected chi connectivity index (χ3v) is 6.21. The van der Waals surface area contributed by atoms with Gasteiger partial charge in [-0.3, -0.25) is 19.3 Å². The van der Waals surface area contributed by atoms with Gasteiger partial charge in [-0.2, -0.15) is 0 Å². The summed E-state index contributed by atoms with van der Waals surface area (Å²) in [5, 5.41) is 8.94. The maximum Gasteiger partial charge on any atom is 0.245 e.